The fraction of sp³-hybridized carbons (Fsp3) is 0.179. The molecule has 0 spiro atoms. The van der Waals surface area contributed by atoms with Gasteiger partial charge in [0.25, 0.3) is 11.7 Å². The minimum atomic E-state index is -1.04. The topological polar surface area (TPSA) is 112 Å². The van der Waals surface area contributed by atoms with Crippen LogP contribution < -0.4 is 19.1 Å². The van der Waals surface area contributed by atoms with E-state index in [1.807, 2.05) is 0 Å². The monoisotopic (exact) mass is 537 g/mol. The zero-order chi connectivity index (χ0) is 27.6. The van der Waals surface area contributed by atoms with Crippen molar-refractivity contribution < 1.29 is 38.4 Å². The zero-order valence-electron chi connectivity index (χ0n) is 21.0. The van der Waals surface area contributed by atoms with Gasteiger partial charge in [-0.15, -0.1) is 0 Å². The normalized spacial score (nSPS) is 16.3. The summed E-state index contributed by atoms with van der Waals surface area (Å²) in [5.41, 5.74) is 1.03. The Morgan fingerprint density at radius 3 is 2.18 bits per heavy atom. The second kappa shape index (κ2) is 10.9. The molecule has 0 saturated carbocycles. The van der Waals surface area contributed by atoms with Gasteiger partial charge < -0.3 is 24.1 Å². The number of aliphatic hydroxyl groups excluding tert-OH is 1. The van der Waals surface area contributed by atoms with Crippen LogP contribution in [0.3, 0.4) is 0 Å². The first-order chi connectivity index (χ1) is 18.2. The number of rotatable bonds is 7. The van der Waals surface area contributed by atoms with Crippen LogP contribution in [0, 0.1) is 0 Å². The van der Waals surface area contributed by atoms with Crippen LogP contribution in [0.1, 0.15) is 27.5 Å². The number of esters is 1. The molecule has 1 aliphatic rings. The number of ether oxygens (including phenoxy) is 4. The number of anilines is 1. The van der Waals surface area contributed by atoms with Gasteiger partial charge in [0.05, 0.1) is 56.2 Å². The second-order valence-corrected chi connectivity index (χ2v) is 8.58. The molecule has 3 aromatic rings. The van der Waals surface area contributed by atoms with Gasteiger partial charge in [-0.1, -0.05) is 23.7 Å². The minimum Gasteiger partial charge on any atom is -0.507 e. The first-order valence-electron chi connectivity index (χ1n) is 11.3. The van der Waals surface area contributed by atoms with Crippen LogP contribution in [0.5, 0.6) is 17.2 Å². The van der Waals surface area contributed by atoms with E-state index < -0.39 is 29.5 Å². The van der Waals surface area contributed by atoms with Crippen molar-refractivity contribution >= 4 is 40.7 Å². The number of methoxy groups -OCH3 is 4. The summed E-state index contributed by atoms with van der Waals surface area (Å²) in [6, 6.07) is 14.6. The van der Waals surface area contributed by atoms with Gasteiger partial charge in [-0.25, -0.2) is 4.79 Å². The third-order valence-electron chi connectivity index (χ3n) is 6.15. The lowest BCUT2D eigenvalue weighted by atomic mass is 9.94. The highest BCUT2D eigenvalue weighted by Crippen LogP contribution is 2.45. The lowest BCUT2D eigenvalue weighted by molar-refractivity contribution is -0.132. The summed E-state index contributed by atoms with van der Waals surface area (Å²) in [5.74, 6) is -1.91. The van der Waals surface area contributed by atoms with Gasteiger partial charge in [-0.2, -0.15) is 0 Å². The van der Waals surface area contributed by atoms with Gasteiger partial charge in [-0.05, 0) is 48.0 Å². The number of nitrogens with zero attached hydrogens (tertiary/aromatic N) is 1. The number of carbonyl (C=O) groups excluding carboxylic acids is 3. The minimum absolute atomic E-state index is 0.112. The maximum Gasteiger partial charge on any atom is 0.337 e. The molecular formula is C28H24ClNO8. The lowest BCUT2D eigenvalue weighted by Crippen LogP contribution is -2.29. The largest absolute Gasteiger partial charge is 0.507 e. The predicted octanol–water partition coefficient (Wildman–Crippen LogP) is 4.78. The Hall–Kier alpha value is -4.50. The Kier molecular flexibility index (Phi) is 7.59. The number of benzene rings is 3. The van der Waals surface area contributed by atoms with E-state index in [2.05, 4.69) is 0 Å². The van der Waals surface area contributed by atoms with Crippen LogP contribution in [-0.4, -0.2) is 51.2 Å². The molecule has 3 aromatic carbocycles. The molecule has 1 unspecified atom stereocenters. The van der Waals surface area contributed by atoms with Gasteiger partial charge in [0.1, 0.15) is 23.0 Å². The van der Waals surface area contributed by atoms with Crippen molar-refractivity contribution in [2.45, 2.75) is 6.04 Å². The molecule has 196 valence electrons. The Morgan fingerprint density at radius 1 is 0.895 bits per heavy atom. The fourth-order valence-electron chi connectivity index (χ4n) is 4.29. The molecule has 1 heterocycles. The zero-order valence-corrected chi connectivity index (χ0v) is 21.7. The molecule has 4 rings (SSSR count). The molecular weight excluding hydrogens is 514 g/mol. The molecule has 38 heavy (non-hydrogen) atoms. The summed E-state index contributed by atoms with van der Waals surface area (Å²) in [7, 11) is 5.55. The van der Waals surface area contributed by atoms with Gasteiger partial charge in [0, 0.05) is 11.8 Å². The average Bonchev–Trinajstić information content (AvgIpc) is 3.22. The summed E-state index contributed by atoms with van der Waals surface area (Å²) in [5, 5.41) is 11.7. The Labute approximate surface area is 223 Å². The number of aliphatic hydroxyl groups is 1. The van der Waals surface area contributed by atoms with Gasteiger partial charge in [0.15, 0.2) is 0 Å². The van der Waals surface area contributed by atoms with Crippen molar-refractivity contribution in [3.8, 4) is 17.2 Å². The van der Waals surface area contributed by atoms with E-state index in [1.165, 1.54) is 69.7 Å². The summed E-state index contributed by atoms with van der Waals surface area (Å²) in [6.45, 7) is 0. The molecule has 1 aliphatic heterocycles. The molecule has 1 saturated heterocycles. The maximum absolute atomic E-state index is 13.5. The molecule has 10 heteroatoms. The SMILES string of the molecule is COC(=O)c1ccc(N2C(=O)C(=O)/C(=C(/O)c3cc(OC)c(Cl)cc3OC)C2c2cccc(OC)c2)cc1. The third-order valence-corrected chi connectivity index (χ3v) is 6.44. The van der Waals surface area contributed by atoms with Crippen molar-refractivity contribution in [2.75, 3.05) is 33.3 Å². The highest BCUT2D eigenvalue weighted by molar-refractivity contribution is 6.51. The standard InChI is InChI=1S/C28H24ClNO8/c1-35-18-7-5-6-16(12-18)24-23(25(31)19-13-22(37-3)20(29)14-21(19)36-2)26(32)27(33)30(24)17-10-8-15(9-11-17)28(34)38-4/h5-14,24,31H,1-4H3/b25-23+. The smallest absolute Gasteiger partial charge is 0.337 e. The van der Waals surface area contributed by atoms with E-state index in [0.717, 1.165) is 0 Å². The summed E-state index contributed by atoms with van der Waals surface area (Å²) >= 11 is 6.22. The summed E-state index contributed by atoms with van der Waals surface area (Å²) in [6.07, 6.45) is 0. The number of hydrogen-bond donors (Lipinski definition) is 1. The Balaban J connectivity index is 1.97. The molecule has 1 N–H and O–H groups in total. The van der Waals surface area contributed by atoms with Gasteiger partial charge in [-0.3, -0.25) is 14.5 Å². The Bertz CT molecular complexity index is 1450. The molecule has 1 fully saturated rings. The quantitative estimate of drug-likeness (QED) is 0.198. The molecule has 1 amide bonds. The molecule has 0 aromatic heterocycles. The van der Waals surface area contributed by atoms with E-state index >= 15 is 0 Å². The first-order valence-corrected chi connectivity index (χ1v) is 11.7. The van der Waals surface area contributed by atoms with Crippen molar-refractivity contribution in [1.82, 2.24) is 0 Å². The van der Waals surface area contributed by atoms with E-state index in [-0.39, 0.29) is 33.2 Å². The lowest BCUT2D eigenvalue weighted by Gasteiger charge is -2.26. The van der Waals surface area contributed by atoms with E-state index in [1.54, 1.807) is 24.3 Å². The number of amides is 1. The highest BCUT2D eigenvalue weighted by atomic mass is 35.5. The van der Waals surface area contributed by atoms with Crippen LogP contribution >= 0.6 is 11.6 Å². The Morgan fingerprint density at radius 2 is 1.58 bits per heavy atom. The van der Waals surface area contributed by atoms with Crippen LogP contribution in [0.15, 0.2) is 66.2 Å². The first kappa shape index (κ1) is 26.6. The van der Waals surface area contributed by atoms with E-state index in [0.29, 0.717) is 17.0 Å². The fourth-order valence-corrected chi connectivity index (χ4v) is 4.52. The molecule has 1 atom stereocenters. The van der Waals surface area contributed by atoms with Crippen molar-refractivity contribution in [2.24, 2.45) is 0 Å². The van der Waals surface area contributed by atoms with Crippen LogP contribution in [0.2, 0.25) is 5.02 Å². The molecule has 0 bridgehead atoms. The highest BCUT2D eigenvalue weighted by Gasteiger charge is 2.47. The van der Waals surface area contributed by atoms with Crippen molar-refractivity contribution in [3.05, 3.63) is 87.9 Å². The number of Topliss-reactive ketones (excluding diaryl/α,β-unsaturated/α-hetero) is 1. The van der Waals surface area contributed by atoms with E-state index in [9.17, 15) is 19.5 Å². The number of ketones is 1. The van der Waals surface area contributed by atoms with Crippen LogP contribution in [0.25, 0.3) is 5.76 Å². The number of halogens is 1. The number of carbonyl (C=O) groups is 3. The predicted molar refractivity (Wildman–Crippen MR) is 140 cm³/mol. The van der Waals surface area contributed by atoms with Crippen LogP contribution in [-0.2, 0) is 14.3 Å². The van der Waals surface area contributed by atoms with Crippen LogP contribution in [0.4, 0.5) is 5.69 Å². The average molecular weight is 538 g/mol. The molecule has 0 radical (unpaired) electrons. The summed E-state index contributed by atoms with van der Waals surface area (Å²) < 4.78 is 20.8. The van der Waals surface area contributed by atoms with Crippen molar-refractivity contribution in [3.63, 3.8) is 0 Å². The third kappa shape index (κ3) is 4.64. The molecule has 0 aliphatic carbocycles. The second-order valence-electron chi connectivity index (χ2n) is 8.17. The number of hydrogen-bond acceptors (Lipinski definition) is 8. The summed E-state index contributed by atoms with van der Waals surface area (Å²) in [4.78, 5) is 40.1. The van der Waals surface area contributed by atoms with Gasteiger partial charge in [0.2, 0.25) is 0 Å². The van der Waals surface area contributed by atoms with Crippen molar-refractivity contribution in [1.29, 1.82) is 0 Å². The maximum atomic E-state index is 13.5. The molecule has 9 nitrogen and oxygen atoms in total. The van der Waals surface area contributed by atoms with E-state index in [4.69, 9.17) is 30.5 Å². The van der Waals surface area contributed by atoms with Gasteiger partial charge >= 0.3 is 5.97 Å².